The monoisotopic (exact) mass is 398 g/mol. The minimum atomic E-state index is -0.224. The van der Waals surface area contributed by atoms with Crippen molar-refractivity contribution in [2.45, 2.75) is 6.54 Å². The van der Waals surface area contributed by atoms with Gasteiger partial charge in [-0.05, 0) is 60.2 Å². The molecule has 6 nitrogen and oxygen atoms in total. The van der Waals surface area contributed by atoms with Crippen LogP contribution in [0.4, 0.5) is 5.69 Å². The number of methoxy groups -OCH3 is 1. The van der Waals surface area contributed by atoms with Gasteiger partial charge in [0.2, 0.25) is 0 Å². The normalized spacial score (nSPS) is 10.8. The first-order valence-electron chi connectivity index (χ1n) is 8.53. The summed E-state index contributed by atoms with van der Waals surface area (Å²) in [5.41, 5.74) is 1.61. The highest BCUT2D eigenvalue weighted by Crippen LogP contribution is 2.28. The largest absolute Gasteiger partial charge is 0.495 e. The molecule has 0 spiro atoms. The number of carbonyl (C=O) groups is 1. The second kappa shape index (κ2) is 9.62. The molecule has 0 saturated heterocycles. The topological polar surface area (TPSA) is 73.1 Å². The van der Waals surface area contributed by atoms with Crippen molar-refractivity contribution in [1.82, 2.24) is 5.32 Å². The van der Waals surface area contributed by atoms with Crippen LogP contribution in [0.5, 0.6) is 11.5 Å². The molecule has 3 rings (SSSR count). The van der Waals surface area contributed by atoms with Crippen molar-refractivity contribution in [2.75, 3.05) is 13.7 Å². The fraction of sp³-hybridized carbons (Fsp3) is 0.143. The van der Waals surface area contributed by atoms with Crippen LogP contribution in [-0.2, 0) is 11.3 Å². The molecule has 3 aromatic rings. The van der Waals surface area contributed by atoms with Crippen LogP contribution in [0.2, 0.25) is 5.02 Å². The molecule has 0 bridgehead atoms. The zero-order valence-electron chi connectivity index (χ0n) is 15.2. The number of aliphatic imine (C=N–C) groups is 1. The number of carbonyl (C=O) groups excluding carboxylic acids is 1. The third-order valence-electron chi connectivity index (χ3n) is 3.79. The Morgan fingerprint density at radius 1 is 1.21 bits per heavy atom. The van der Waals surface area contributed by atoms with Crippen LogP contribution >= 0.6 is 11.6 Å². The summed E-state index contributed by atoms with van der Waals surface area (Å²) in [5.74, 6) is 1.67. The number of halogens is 1. The number of benzene rings is 2. The third kappa shape index (κ3) is 5.62. The van der Waals surface area contributed by atoms with Gasteiger partial charge in [0.1, 0.15) is 17.3 Å². The van der Waals surface area contributed by atoms with Crippen LogP contribution in [-0.4, -0.2) is 25.8 Å². The van der Waals surface area contributed by atoms with Gasteiger partial charge in [-0.15, -0.1) is 0 Å². The van der Waals surface area contributed by atoms with Gasteiger partial charge in [0.15, 0.2) is 6.61 Å². The number of hydrogen-bond acceptors (Lipinski definition) is 5. The minimum Gasteiger partial charge on any atom is -0.495 e. The summed E-state index contributed by atoms with van der Waals surface area (Å²) in [6.07, 6.45) is 3.28. The number of nitrogens with zero attached hydrogens (tertiary/aromatic N) is 1. The maximum atomic E-state index is 11.8. The van der Waals surface area contributed by atoms with Crippen LogP contribution in [0, 0.1) is 0 Å². The van der Waals surface area contributed by atoms with Gasteiger partial charge in [-0.1, -0.05) is 11.6 Å². The van der Waals surface area contributed by atoms with Gasteiger partial charge in [0.25, 0.3) is 5.91 Å². The quantitative estimate of drug-likeness (QED) is 0.571. The lowest BCUT2D eigenvalue weighted by molar-refractivity contribution is -0.123. The first kappa shape index (κ1) is 19.5. The Balaban J connectivity index is 1.49. The van der Waals surface area contributed by atoms with E-state index in [2.05, 4.69) is 10.3 Å². The molecule has 0 aliphatic heterocycles. The third-order valence-corrected chi connectivity index (χ3v) is 4.08. The molecule has 0 unspecified atom stereocenters. The Labute approximate surface area is 167 Å². The Bertz CT molecular complexity index is 938. The number of hydrogen-bond donors (Lipinski definition) is 1. The van der Waals surface area contributed by atoms with Crippen molar-refractivity contribution in [3.8, 4) is 11.5 Å². The van der Waals surface area contributed by atoms with Gasteiger partial charge in [0.05, 0.1) is 30.6 Å². The van der Waals surface area contributed by atoms with Gasteiger partial charge < -0.3 is 19.2 Å². The van der Waals surface area contributed by atoms with E-state index in [1.54, 1.807) is 56.0 Å². The van der Waals surface area contributed by atoms with Crippen molar-refractivity contribution in [2.24, 2.45) is 4.99 Å². The summed E-state index contributed by atoms with van der Waals surface area (Å²) in [4.78, 5) is 16.2. The molecular weight excluding hydrogens is 380 g/mol. The number of rotatable bonds is 8. The predicted molar refractivity (Wildman–Crippen MR) is 108 cm³/mol. The van der Waals surface area contributed by atoms with E-state index >= 15 is 0 Å². The van der Waals surface area contributed by atoms with Gasteiger partial charge in [-0.25, -0.2) is 0 Å². The van der Waals surface area contributed by atoms with E-state index in [1.807, 2.05) is 18.2 Å². The number of nitrogens with one attached hydrogen (secondary N) is 1. The van der Waals surface area contributed by atoms with Gasteiger partial charge >= 0.3 is 0 Å². The Kier molecular flexibility index (Phi) is 6.70. The molecule has 0 aliphatic carbocycles. The van der Waals surface area contributed by atoms with Crippen LogP contribution in [0.15, 0.2) is 70.3 Å². The molecular formula is C21H19ClN2O4. The molecule has 0 fully saturated rings. The van der Waals surface area contributed by atoms with Crippen molar-refractivity contribution in [3.63, 3.8) is 0 Å². The zero-order valence-corrected chi connectivity index (χ0v) is 16.0. The molecule has 7 heteroatoms. The van der Waals surface area contributed by atoms with Crippen LogP contribution in [0.1, 0.15) is 11.3 Å². The highest BCUT2D eigenvalue weighted by Gasteiger charge is 2.04. The number of ether oxygens (including phenoxy) is 2. The molecule has 1 amide bonds. The Hall–Kier alpha value is -3.25. The summed E-state index contributed by atoms with van der Waals surface area (Å²) in [7, 11) is 1.57. The lowest BCUT2D eigenvalue weighted by Crippen LogP contribution is -2.28. The molecule has 1 heterocycles. The molecule has 28 heavy (non-hydrogen) atoms. The van der Waals surface area contributed by atoms with E-state index in [4.69, 9.17) is 25.5 Å². The van der Waals surface area contributed by atoms with E-state index in [1.165, 1.54) is 0 Å². The maximum Gasteiger partial charge on any atom is 0.258 e. The summed E-state index contributed by atoms with van der Waals surface area (Å²) < 4.78 is 15.7. The van der Waals surface area contributed by atoms with Crippen LogP contribution < -0.4 is 14.8 Å². The molecule has 0 radical (unpaired) electrons. The van der Waals surface area contributed by atoms with E-state index in [9.17, 15) is 4.79 Å². The summed E-state index contributed by atoms with van der Waals surface area (Å²) in [6.45, 7) is 0.262. The molecule has 0 saturated carbocycles. The lowest BCUT2D eigenvalue weighted by atomic mass is 10.2. The van der Waals surface area contributed by atoms with Crippen LogP contribution in [0.3, 0.4) is 0 Å². The molecule has 0 atom stereocenters. The average Bonchev–Trinajstić information content (AvgIpc) is 3.24. The standard InChI is InChI=1S/C21H19ClN2O4/c1-26-20-9-6-16(11-19(20)22)23-12-15-4-7-17(8-5-15)28-14-21(25)24-13-18-3-2-10-27-18/h2-12H,13-14H2,1H3,(H,24,25). The second-order valence-electron chi connectivity index (χ2n) is 5.79. The molecule has 1 N–H and O–H groups in total. The summed E-state index contributed by atoms with van der Waals surface area (Å²) in [6, 6.07) is 16.1. The number of furan rings is 1. The first-order chi connectivity index (χ1) is 13.6. The van der Waals surface area contributed by atoms with E-state index in [-0.39, 0.29) is 12.5 Å². The Morgan fingerprint density at radius 3 is 2.71 bits per heavy atom. The lowest BCUT2D eigenvalue weighted by Gasteiger charge is -2.07. The summed E-state index contributed by atoms with van der Waals surface area (Å²) >= 11 is 6.09. The SMILES string of the molecule is COc1ccc(N=Cc2ccc(OCC(=O)NCc3ccco3)cc2)cc1Cl. The van der Waals surface area contributed by atoms with Gasteiger partial charge in [0, 0.05) is 6.21 Å². The molecule has 2 aromatic carbocycles. The maximum absolute atomic E-state index is 11.8. The van der Waals surface area contributed by atoms with Crippen molar-refractivity contribution >= 4 is 29.4 Å². The smallest absolute Gasteiger partial charge is 0.258 e. The molecule has 1 aromatic heterocycles. The number of amides is 1. The van der Waals surface area contributed by atoms with Crippen molar-refractivity contribution in [3.05, 3.63) is 77.2 Å². The van der Waals surface area contributed by atoms with Gasteiger partial charge in [-0.3, -0.25) is 9.79 Å². The fourth-order valence-corrected chi connectivity index (χ4v) is 2.59. The van der Waals surface area contributed by atoms with Crippen molar-refractivity contribution < 1.29 is 18.7 Å². The summed E-state index contributed by atoms with van der Waals surface area (Å²) in [5, 5.41) is 3.23. The highest BCUT2D eigenvalue weighted by atomic mass is 35.5. The van der Waals surface area contributed by atoms with E-state index in [0.29, 0.717) is 28.8 Å². The van der Waals surface area contributed by atoms with Gasteiger partial charge in [-0.2, -0.15) is 0 Å². The second-order valence-corrected chi connectivity index (χ2v) is 6.20. The minimum absolute atomic E-state index is 0.0709. The molecule has 144 valence electrons. The average molecular weight is 399 g/mol. The predicted octanol–water partition coefficient (Wildman–Crippen LogP) is 4.39. The fourth-order valence-electron chi connectivity index (χ4n) is 2.33. The highest BCUT2D eigenvalue weighted by molar-refractivity contribution is 6.32. The molecule has 0 aliphatic rings. The Morgan fingerprint density at radius 2 is 2.04 bits per heavy atom. The first-order valence-corrected chi connectivity index (χ1v) is 8.91. The zero-order chi connectivity index (χ0) is 19.8. The van der Waals surface area contributed by atoms with Crippen molar-refractivity contribution in [1.29, 1.82) is 0 Å². The van der Waals surface area contributed by atoms with Crippen LogP contribution in [0.25, 0.3) is 0 Å². The van der Waals surface area contributed by atoms with E-state index < -0.39 is 0 Å². The van der Waals surface area contributed by atoms with E-state index in [0.717, 1.165) is 11.3 Å².